The zero-order valence-electron chi connectivity index (χ0n) is 25.8. The maximum atomic E-state index is 14.6. The summed E-state index contributed by atoms with van der Waals surface area (Å²) in [4.78, 5) is 22.3. The summed E-state index contributed by atoms with van der Waals surface area (Å²) < 4.78 is 49.9. The van der Waals surface area contributed by atoms with E-state index in [1.807, 2.05) is 12.1 Å². The van der Waals surface area contributed by atoms with Crippen LogP contribution in [0.2, 0.25) is 5.02 Å². The van der Waals surface area contributed by atoms with Crippen LogP contribution >= 0.6 is 11.6 Å². The highest BCUT2D eigenvalue weighted by Crippen LogP contribution is 2.45. The third-order valence-corrected chi connectivity index (χ3v) is 11.9. The number of aryl methyl sites for hydroxylation is 1. The van der Waals surface area contributed by atoms with Crippen molar-refractivity contribution in [1.82, 2.24) is 19.4 Å². The molecule has 4 heterocycles. The van der Waals surface area contributed by atoms with Gasteiger partial charge in [-0.2, -0.15) is 8.42 Å². The fourth-order valence-corrected chi connectivity index (χ4v) is 9.13. The van der Waals surface area contributed by atoms with Crippen LogP contribution in [0.3, 0.4) is 0 Å². The number of carbonyl (C=O) groups is 1. The van der Waals surface area contributed by atoms with Crippen molar-refractivity contribution in [2.45, 2.75) is 80.3 Å². The number of carbonyl (C=O) groups excluding carboxylic acids is 1. The first-order valence-electron chi connectivity index (χ1n) is 16.0. The molecule has 0 spiro atoms. The highest BCUT2D eigenvalue weighted by Gasteiger charge is 2.44. The number of hydrogen-bond acceptors (Lipinski definition) is 5. The molecular weight excluding hydrogens is 627 g/mol. The van der Waals surface area contributed by atoms with Crippen LogP contribution in [0.25, 0.3) is 11.0 Å². The molecular formula is C35H38ClFN4O4S. The number of piperidine rings is 2. The Hall–Kier alpha value is -3.31. The quantitative estimate of drug-likeness (QED) is 0.218. The molecule has 1 unspecified atom stereocenters. The molecule has 7 rings (SSSR count). The summed E-state index contributed by atoms with van der Waals surface area (Å²) in [6, 6.07) is 20.2. The topological polar surface area (TPSA) is 95.7 Å². The van der Waals surface area contributed by atoms with Gasteiger partial charge in [0.05, 0.1) is 26.5 Å². The molecule has 4 aromatic rings. The molecule has 3 aromatic carbocycles. The van der Waals surface area contributed by atoms with Crippen molar-refractivity contribution in [2.24, 2.45) is 0 Å². The third-order valence-electron chi connectivity index (χ3n) is 10.8. The first-order valence-corrected chi connectivity index (χ1v) is 17.9. The summed E-state index contributed by atoms with van der Waals surface area (Å²) in [5.41, 5.74) is 2.93. The van der Waals surface area contributed by atoms with Gasteiger partial charge in [0, 0.05) is 31.2 Å². The normalized spacial score (nSPS) is 23.2. The predicted molar refractivity (Wildman–Crippen MR) is 175 cm³/mol. The predicted octanol–water partition coefficient (Wildman–Crippen LogP) is 6.82. The average molecular weight is 665 g/mol. The van der Waals surface area contributed by atoms with Gasteiger partial charge in [-0.1, -0.05) is 35.9 Å². The van der Waals surface area contributed by atoms with E-state index in [4.69, 9.17) is 16.6 Å². The van der Waals surface area contributed by atoms with Crippen molar-refractivity contribution in [3.05, 3.63) is 94.5 Å². The van der Waals surface area contributed by atoms with Gasteiger partial charge in [-0.3, -0.25) is 14.2 Å². The molecule has 242 valence electrons. The molecule has 3 atom stereocenters. The molecule has 3 saturated heterocycles. The zero-order chi connectivity index (χ0) is 32.2. The van der Waals surface area contributed by atoms with Gasteiger partial charge in [0.1, 0.15) is 11.6 Å². The van der Waals surface area contributed by atoms with E-state index in [0.29, 0.717) is 44.1 Å². The summed E-state index contributed by atoms with van der Waals surface area (Å²) in [6.45, 7) is 3.85. The first kappa shape index (κ1) is 31.3. The second kappa shape index (κ2) is 12.0. The van der Waals surface area contributed by atoms with Crippen molar-refractivity contribution in [2.75, 3.05) is 19.6 Å². The van der Waals surface area contributed by atoms with Crippen LogP contribution in [0.1, 0.15) is 72.7 Å². The molecule has 0 saturated carbocycles. The number of benzene rings is 3. The number of amides is 1. The largest absolute Gasteiger partial charge is 0.339 e. The second-order valence-corrected chi connectivity index (χ2v) is 15.0. The van der Waals surface area contributed by atoms with E-state index >= 15 is 0 Å². The molecule has 46 heavy (non-hydrogen) atoms. The van der Waals surface area contributed by atoms with E-state index in [1.54, 1.807) is 17.0 Å². The lowest BCUT2D eigenvalue weighted by molar-refractivity contribution is 0.0606. The number of hydrogen-bond donors (Lipinski definition) is 1. The van der Waals surface area contributed by atoms with E-state index in [9.17, 15) is 22.2 Å². The summed E-state index contributed by atoms with van der Waals surface area (Å²) >= 11 is 6.30. The van der Waals surface area contributed by atoms with Crippen LogP contribution in [0.5, 0.6) is 0 Å². The highest BCUT2D eigenvalue weighted by atomic mass is 35.5. The molecule has 3 aliphatic rings. The van der Waals surface area contributed by atoms with Gasteiger partial charge >= 0.3 is 0 Å². The molecule has 3 aliphatic heterocycles. The molecule has 1 N–H and O–H groups in total. The number of para-hydroxylation sites is 2. The Morgan fingerprint density at radius 3 is 2.41 bits per heavy atom. The smallest absolute Gasteiger partial charge is 0.294 e. The standard InChI is InChI=1S/C35H38ClFN4O4S/c1-23-38-32-7-2-3-8-33(32)41(23)28-20-26-9-10-27(21-28)40(26)18-15-35(24-5-4-6-25(37)19-24)13-16-39(17-14-35)34(42)30-22-29(46(43,44)45)11-12-31(30)36/h2-8,11-12,19,22,26-28H,9-10,13-18,20-21H2,1H3,(H,43,44,45)/t26-,27+,28?. The van der Waals surface area contributed by atoms with Gasteiger partial charge in [0.25, 0.3) is 16.0 Å². The van der Waals surface area contributed by atoms with E-state index in [1.165, 1.54) is 36.6 Å². The number of halogens is 2. The van der Waals surface area contributed by atoms with Gasteiger partial charge < -0.3 is 9.47 Å². The zero-order valence-corrected chi connectivity index (χ0v) is 27.4. The number of nitrogens with zero attached hydrogens (tertiary/aromatic N) is 4. The Morgan fingerprint density at radius 1 is 1.00 bits per heavy atom. The molecule has 1 amide bonds. The maximum Gasteiger partial charge on any atom is 0.294 e. The van der Waals surface area contributed by atoms with Crippen LogP contribution < -0.4 is 0 Å². The van der Waals surface area contributed by atoms with Crippen molar-refractivity contribution in [3.63, 3.8) is 0 Å². The number of aromatic nitrogens is 2. The van der Waals surface area contributed by atoms with Gasteiger partial charge in [0.15, 0.2) is 0 Å². The first-order chi connectivity index (χ1) is 22.0. The monoisotopic (exact) mass is 664 g/mol. The molecule has 0 aliphatic carbocycles. The molecule has 8 nitrogen and oxygen atoms in total. The van der Waals surface area contributed by atoms with Gasteiger partial charge in [0.2, 0.25) is 0 Å². The molecule has 3 fully saturated rings. The Kier molecular flexibility index (Phi) is 8.20. The van der Waals surface area contributed by atoms with Crippen LogP contribution in [-0.4, -0.2) is 69.9 Å². The summed E-state index contributed by atoms with van der Waals surface area (Å²) in [5, 5.41) is 0.122. The number of rotatable bonds is 7. The van der Waals surface area contributed by atoms with Crippen molar-refractivity contribution in [1.29, 1.82) is 0 Å². The summed E-state index contributed by atoms with van der Waals surface area (Å²) in [5.74, 6) is 0.412. The Bertz CT molecular complexity index is 1890. The lowest BCUT2D eigenvalue weighted by Crippen LogP contribution is -2.49. The third kappa shape index (κ3) is 5.74. The van der Waals surface area contributed by atoms with Crippen LogP contribution in [0.15, 0.2) is 71.6 Å². The fourth-order valence-electron chi connectivity index (χ4n) is 8.43. The van der Waals surface area contributed by atoms with Crippen LogP contribution in [0, 0.1) is 12.7 Å². The molecule has 11 heteroatoms. The van der Waals surface area contributed by atoms with Gasteiger partial charge in [-0.15, -0.1) is 0 Å². The fraction of sp³-hybridized carbons (Fsp3) is 0.429. The minimum atomic E-state index is -4.49. The Balaban J connectivity index is 1.08. The van der Waals surface area contributed by atoms with Crippen LogP contribution in [-0.2, 0) is 15.5 Å². The molecule has 2 bridgehead atoms. The Morgan fingerprint density at radius 2 is 1.72 bits per heavy atom. The lowest BCUT2D eigenvalue weighted by Gasteiger charge is -2.45. The highest BCUT2D eigenvalue weighted by molar-refractivity contribution is 7.85. The minimum Gasteiger partial charge on any atom is -0.339 e. The van der Waals surface area contributed by atoms with Gasteiger partial charge in [-0.25, -0.2) is 9.37 Å². The van der Waals surface area contributed by atoms with Crippen molar-refractivity contribution < 1.29 is 22.2 Å². The van der Waals surface area contributed by atoms with Crippen molar-refractivity contribution >= 4 is 38.7 Å². The van der Waals surface area contributed by atoms with Crippen LogP contribution in [0.4, 0.5) is 4.39 Å². The van der Waals surface area contributed by atoms with E-state index in [-0.39, 0.29) is 32.6 Å². The second-order valence-electron chi connectivity index (χ2n) is 13.2. The number of fused-ring (bicyclic) bond motifs is 3. The molecule has 1 aromatic heterocycles. The van der Waals surface area contributed by atoms with E-state index in [2.05, 4.69) is 34.6 Å². The minimum absolute atomic E-state index is 0.0374. The number of imidazole rings is 1. The average Bonchev–Trinajstić information content (AvgIpc) is 3.49. The van der Waals surface area contributed by atoms with Crippen molar-refractivity contribution in [3.8, 4) is 0 Å². The molecule has 0 radical (unpaired) electrons. The van der Waals surface area contributed by atoms with Gasteiger partial charge in [-0.05, 0) is 112 Å². The number of likely N-dealkylation sites (tertiary alicyclic amines) is 1. The summed E-state index contributed by atoms with van der Waals surface area (Å²) in [7, 11) is -4.49. The summed E-state index contributed by atoms with van der Waals surface area (Å²) in [6.07, 6.45) is 6.64. The van der Waals surface area contributed by atoms with E-state index in [0.717, 1.165) is 48.8 Å². The maximum absolute atomic E-state index is 14.6. The lowest BCUT2D eigenvalue weighted by atomic mass is 9.70. The van der Waals surface area contributed by atoms with E-state index < -0.39 is 10.1 Å². The SMILES string of the molecule is Cc1nc2ccccc2n1C1C[C@H]2CC[C@@H](C1)N2CCC1(c2cccc(F)c2)CCN(C(=O)c2cc(S(=O)(=O)O)ccc2Cl)CC1. The Labute approximate surface area is 273 Å².